The summed E-state index contributed by atoms with van der Waals surface area (Å²) in [6.07, 6.45) is 0.805. The predicted octanol–water partition coefficient (Wildman–Crippen LogP) is 0.399. The van der Waals surface area contributed by atoms with Crippen LogP contribution in [-0.4, -0.2) is 61.7 Å². The summed E-state index contributed by atoms with van der Waals surface area (Å²) in [5, 5.41) is 30.4. The molecular weight excluding hydrogens is 433 g/mol. The van der Waals surface area contributed by atoms with Crippen LogP contribution < -0.4 is 16.5 Å². The molecule has 172 valence electrons. The van der Waals surface area contributed by atoms with Crippen LogP contribution in [0.3, 0.4) is 0 Å². The minimum Gasteiger partial charge on any atom is -0.423 e. The molecule has 10 nitrogen and oxygen atoms in total. The first-order chi connectivity index (χ1) is 16.4. The highest BCUT2D eigenvalue weighted by atomic mass is 16.4. The molecule has 11 heteroatoms. The summed E-state index contributed by atoms with van der Waals surface area (Å²) in [5.74, 6) is 0.645. The molecule has 0 bridgehead atoms. The maximum atomic E-state index is 11.8. The van der Waals surface area contributed by atoms with Gasteiger partial charge in [0.1, 0.15) is 17.0 Å². The van der Waals surface area contributed by atoms with Crippen LogP contribution in [0.2, 0.25) is 0 Å². The number of benzene rings is 2. The Bertz CT molecular complexity index is 1390. The lowest BCUT2D eigenvalue weighted by atomic mass is 9.79. The molecule has 1 aliphatic rings. The lowest BCUT2D eigenvalue weighted by molar-refractivity contribution is 0.100. The van der Waals surface area contributed by atoms with Crippen LogP contribution in [0.1, 0.15) is 27.2 Å². The lowest BCUT2D eigenvalue weighted by Gasteiger charge is -2.26. The Morgan fingerprint density at radius 2 is 2.06 bits per heavy atom. The van der Waals surface area contributed by atoms with Crippen molar-refractivity contribution in [1.82, 2.24) is 25.1 Å². The Morgan fingerprint density at radius 3 is 2.85 bits per heavy atom. The van der Waals surface area contributed by atoms with Crippen molar-refractivity contribution in [2.75, 3.05) is 18.9 Å². The van der Waals surface area contributed by atoms with E-state index in [1.807, 2.05) is 19.2 Å². The molecule has 6 N–H and O–H groups in total. The second kappa shape index (κ2) is 8.86. The molecule has 34 heavy (non-hydrogen) atoms. The molecule has 0 fully saturated rings. The van der Waals surface area contributed by atoms with E-state index in [4.69, 9.17) is 15.7 Å². The summed E-state index contributed by atoms with van der Waals surface area (Å²) < 4.78 is 0. The number of fused-ring (bicyclic) bond motifs is 2. The zero-order valence-electron chi connectivity index (χ0n) is 18.6. The van der Waals surface area contributed by atoms with Crippen LogP contribution in [-0.2, 0) is 19.5 Å². The average molecular weight is 457 g/mol. The summed E-state index contributed by atoms with van der Waals surface area (Å²) in [5.41, 5.74) is 10.3. The number of para-hydroxylation sites is 1. The number of anilines is 1. The van der Waals surface area contributed by atoms with E-state index in [9.17, 15) is 14.8 Å². The molecule has 0 atom stereocenters. The number of H-pyrrole nitrogens is 1. The van der Waals surface area contributed by atoms with Gasteiger partial charge in [-0.15, -0.1) is 0 Å². The van der Waals surface area contributed by atoms with Gasteiger partial charge in [0.25, 0.3) is 5.91 Å². The first-order valence-corrected chi connectivity index (χ1v) is 10.9. The molecule has 2 aromatic carbocycles. The molecule has 1 amide bonds. The van der Waals surface area contributed by atoms with Crippen molar-refractivity contribution >= 4 is 35.2 Å². The third-order valence-corrected chi connectivity index (χ3v) is 6.04. The molecule has 0 unspecified atom stereocenters. The van der Waals surface area contributed by atoms with Gasteiger partial charge >= 0.3 is 7.12 Å². The van der Waals surface area contributed by atoms with Crippen molar-refractivity contribution in [1.29, 1.82) is 0 Å². The van der Waals surface area contributed by atoms with Gasteiger partial charge in [-0.3, -0.25) is 9.89 Å². The SMILES string of the molecule is CN1CCc2c(nc(-c3[nH]nc4c(C(N)=O)cccc34)nc2NCc2cccc(B(O)O)c2)C1. The van der Waals surface area contributed by atoms with Gasteiger partial charge in [-0.2, -0.15) is 5.10 Å². The number of aromatic amines is 1. The van der Waals surface area contributed by atoms with E-state index in [-0.39, 0.29) is 0 Å². The number of likely N-dealkylation sites (N-methyl/N-ethyl adjacent to an activating group) is 1. The quantitative estimate of drug-likeness (QED) is 0.261. The Kier molecular flexibility index (Phi) is 5.74. The number of amides is 1. The number of hydrogen-bond donors (Lipinski definition) is 5. The Hall–Kier alpha value is -3.80. The Balaban J connectivity index is 1.55. The summed E-state index contributed by atoms with van der Waals surface area (Å²) >= 11 is 0. The molecule has 0 saturated carbocycles. The third-order valence-electron chi connectivity index (χ3n) is 6.04. The van der Waals surface area contributed by atoms with Gasteiger partial charge in [-0.25, -0.2) is 9.97 Å². The van der Waals surface area contributed by atoms with E-state index in [0.29, 0.717) is 41.2 Å². The maximum absolute atomic E-state index is 11.8. The van der Waals surface area contributed by atoms with E-state index in [1.165, 1.54) is 0 Å². The standard InChI is InChI=1S/C23H24BN7O3/c1-31-9-8-15-18(12-31)27-23(20-16-6-3-7-17(21(25)32)19(16)29-30-20)28-22(15)26-11-13-4-2-5-14(10-13)24(33)34/h2-7,10,33-34H,8-9,11-12H2,1H3,(H2,25,32)(H,29,30)(H,26,27,28). The molecule has 5 rings (SSSR count). The highest BCUT2D eigenvalue weighted by Crippen LogP contribution is 2.30. The Labute approximate surface area is 196 Å². The Morgan fingerprint density at radius 1 is 1.24 bits per heavy atom. The topological polar surface area (TPSA) is 153 Å². The molecule has 0 radical (unpaired) electrons. The van der Waals surface area contributed by atoms with Gasteiger partial charge in [0.05, 0.1) is 11.3 Å². The number of hydrogen-bond acceptors (Lipinski definition) is 8. The van der Waals surface area contributed by atoms with Crippen molar-refractivity contribution in [2.45, 2.75) is 19.5 Å². The summed E-state index contributed by atoms with van der Waals surface area (Å²) in [4.78, 5) is 23.7. The molecule has 0 spiro atoms. The van der Waals surface area contributed by atoms with Crippen LogP contribution in [0, 0.1) is 0 Å². The number of nitrogens with two attached hydrogens (primary N) is 1. The van der Waals surface area contributed by atoms with Gasteiger partial charge in [-0.1, -0.05) is 36.4 Å². The number of nitrogens with one attached hydrogen (secondary N) is 2. The highest BCUT2D eigenvalue weighted by Gasteiger charge is 2.23. The smallest absolute Gasteiger partial charge is 0.423 e. The van der Waals surface area contributed by atoms with Crippen LogP contribution in [0.15, 0.2) is 42.5 Å². The summed E-state index contributed by atoms with van der Waals surface area (Å²) in [7, 11) is 0.529. The first kappa shape index (κ1) is 22.0. The second-order valence-corrected chi connectivity index (χ2v) is 8.45. The van der Waals surface area contributed by atoms with Crippen molar-refractivity contribution in [2.24, 2.45) is 5.73 Å². The fourth-order valence-corrected chi connectivity index (χ4v) is 4.28. The van der Waals surface area contributed by atoms with Gasteiger partial charge in [0, 0.05) is 30.6 Å². The lowest BCUT2D eigenvalue weighted by Crippen LogP contribution is -2.30. The number of carbonyl (C=O) groups excluding carboxylic acids is 1. The second-order valence-electron chi connectivity index (χ2n) is 8.45. The fourth-order valence-electron chi connectivity index (χ4n) is 4.28. The molecule has 4 aromatic rings. The highest BCUT2D eigenvalue weighted by molar-refractivity contribution is 6.58. The largest absolute Gasteiger partial charge is 0.488 e. The van der Waals surface area contributed by atoms with Crippen molar-refractivity contribution in [3.63, 3.8) is 0 Å². The molecule has 0 aliphatic carbocycles. The van der Waals surface area contributed by atoms with Crippen molar-refractivity contribution in [3.05, 3.63) is 64.8 Å². The molecule has 0 saturated heterocycles. The van der Waals surface area contributed by atoms with Crippen LogP contribution in [0.4, 0.5) is 5.82 Å². The molecular formula is C23H24BN7O3. The van der Waals surface area contributed by atoms with E-state index >= 15 is 0 Å². The monoisotopic (exact) mass is 457 g/mol. The van der Waals surface area contributed by atoms with Crippen molar-refractivity contribution in [3.8, 4) is 11.5 Å². The van der Waals surface area contributed by atoms with Gasteiger partial charge in [-0.05, 0) is 30.6 Å². The zero-order valence-corrected chi connectivity index (χ0v) is 18.6. The van der Waals surface area contributed by atoms with E-state index < -0.39 is 13.0 Å². The predicted molar refractivity (Wildman–Crippen MR) is 129 cm³/mol. The van der Waals surface area contributed by atoms with Crippen LogP contribution in [0.25, 0.3) is 22.4 Å². The average Bonchev–Trinajstić information content (AvgIpc) is 3.26. The third kappa shape index (κ3) is 4.12. The molecule has 3 heterocycles. The summed E-state index contributed by atoms with van der Waals surface area (Å²) in [6.45, 7) is 2.03. The van der Waals surface area contributed by atoms with E-state index in [1.54, 1.807) is 30.3 Å². The molecule has 2 aromatic heterocycles. The number of rotatable bonds is 6. The van der Waals surface area contributed by atoms with Crippen LogP contribution in [0.5, 0.6) is 0 Å². The molecule has 1 aliphatic heterocycles. The fraction of sp³-hybridized carbons (Fsp3) is 0.217. The van der Waals surface area contributed by atoms with Crippen LogP contribution >= 0.6 is 0 Å². The van der Waals surface area contributed by atoms with Gasteiger partial charge < -0.3 is 26.0 Å². The van der Waals surface area contributed by atoms with E-state index in [0.717, 1.165) is 41.0 Å². The van der Waals surface area contributed by atoms with Gasteiger partial charge in [0.2, 0.25) is 0 Å². The first-order valence-electron chi connectivity index (χ1n) is 10.9. The minimum atomic E-state index is -1.52. The van der Waals surface area contributed by atoms with Crippen molar-refractivity contribution < 1.29 is 14.8 Å². The maximum Gasteiger partial charge on any atom is 0.488 e. The summed E-state index contributed by atoms with van der Waals surface area (Å²) in [6, 6.07) is 12.4. The number of primary amides is 1. The van der Waals surface area contributed by atoms with E-state index in [2.05, 4.69) is 20.4 Å². The zero-order chi connectivity index (χ0) is 23.8. The minimum absolute atomic E-state index is 0.335. The van der Waals surface area contributed by atoms with Gasteiger partial charge in [0.15, 0.2) is 5.82 Å². The normalized spacial score (nSPS) is 13.6. The number of carbonyl (C=O) groups is 1. The number of aromatic nitrogens is 4. The number of nitrogens with zero attached hydrogens (tertiary/aromatic N) is 4.